The lowest BCUT2D eigenvalue weighted by Gasteiger charge is -2.10. The molecule has 0 radical (unpaired) electrons. The fraction of sp³-hybridized carbons (Fsp3) is 0.111. The van der Waals surface area contributed by atoms with Crippen molar-refractivity contribution in [2.45, 2.75) is 16.7 Å². The van der Waals surface area contributed by atoms with Gasteiger partial charge in [-0.2, -0.15) is 5.10 Å². The predicted octanol–water partition coefficient (Wildman–Crippen LogP) is 1.65. The lowest BCUT2D eigenvalue weighted by molar-refractivity contribution is 0.0981. The van der Waals surface area contributed by atoms with Gasteiger partial charge < -0.3 is 0 Å². The molecular formula is C18H18N4O5S2. The number of amides is 1. The Balaban J connectivity index is 1.77. The molecule has 0 saturated heterocycles. The first-order valence-corrected chi connectivity index (χ1v) is 11.3. The van der Waals surface area contributed by atoms with E-state index in [0.29, 0.717) is 5.69 Å². The topological polar surface area (TPSA) is 127 Å². The number of rotatable bonds is 6. The monoisotopic (exact) mass is 434 g/mol. The average molecular weight is 434 g/mol. The van der Waals surface area contributed by atoms with E-state index in [4.69, 9.17) is 0 Å². The molecule has 0 aliphatic heterocycles. The molecule has 0 bridgehead atoms. The minimum absolute atomic E-state index is 0.0202. The summed E-state index contributed by atoms with van der Waals surface area (Å²) in [6, 6.07) is 12.9. The maximum Gasteiger partial charge on any atom is 0.265 e. The summed E-state index contributed by atoms with van der Waals surface area (Å²) in [4.78, 5) is 11.9. The Bertz CT molecular complexity index is 1250. The highest BCUT2D eigenvalue weighted by molar-refractivity contribution is 7.92. The Labute approximate surface area is 168 Å². The van der Waals surface area contributed by atoms with Crippen molar-refractivity contribution < 1.29 is 21.6 Å². The zero-order valence-corrected chi connectivity index (χ0v) is 17.2. The lowest BCUT2D eigenvalue weighted by atomic mass is 10.2. The van der Waals surface area contributed by atoms with Crippen LogP contribution in [0, 0.1) is 6.92 Å². The second-order valence-electron chi connectivity index (χ2n) is 6.15. The number of benzene rings is 2. The van der Waals surface area contributed by atoms with Crippen molar-refractivity contribution in [1.29, 1.82) is 0 Å². The maximum absolute atomic E-state index is 12.5. The van der Waals surface area contributed by atoms with Crippen molar-refractivity contribution in [2.24, 2.45) is 7.05 Å². The summed E-state index contributed by atoms with van der Waals surface area (Å²) in [5.41, 5.74) is 0.828. The summed E-state index contributed by atoms with van der Waals surface area (Å²) in [6.07, 6.45) is 1.23. The van der Waals surface area contributed by atoms with E-state index in [1.165, 1.54) is 47.3 Å². The van der Waals surface area contributed by atoms with E-state index in [1.54, 1.807) is 32.2 Å². The van der Waals surface area contributed by atoms with E-state index in [9.17, 15) is 21.6 Å². The molecule has 0 aliphatic carbocycles. The van der Waals surface area contributed by atoms with Gasteiger partial charge in [0.15, 0.2) is 0 Å². The van der Waals surface area contributed by atoms with E-state index >= 15 is 0 Å². The van der Waals surface area contributed by atoms with Crippen LogP contribution in [-0.2, 0) is 27.1 Å². The van der Waals surface area contributed by atoms with Crippen molar-refractivity contribution in [2.75, 3.05) is 4.72 Å². The summed E-state index contributed by atoms with van der Waals surface area (Å²) in [5.74, 6) is -0.762. The third-order valence-electron chi connectivity index (χ3n) is 4.16. The van der Waals surface area contributed by atoms with E-state index < -0.39 is 26.0 Å². The van der Waals surface area contributed by atoms with Gasteiger partial charge in [0.05, 0.1) is 16.8 Å². The molecule has 2 N–H and O–H groups in total. The van der Waals surface area contributed by atoms with Gasteiger partial charge in [-0.1, -0.05) is 18.2 Å². The van der Waals surface area contributed by atoms with Crippen molar-refractivity contribution in [3.05, 3.63) is 72.1 Å². The molecule has 2 aromatic carbocycles. The number of carbonyl (C=O) groups is 1. The van der Waals surface area contributed by atoms with Gasteiger partial charge in [-0.3, -0.25) is 14.2 Å². The Hall–Kier alpha value is -3.18. The molecule has 0 atom stereocenters. The molecule has 0 spiro atoms. The second kappa shape index (κ2) is 7.68. The minimum atomic E-state index is -4.11. The summed E-state index contributed by atoms with van der Waals surface area (Å²) < 4.78 is 55.5. The van der Waals surface area contributed by atoms with E-state index in [2.05, 4.69) is 9.82 Å². The standard InChI is InChI=1S/C18H18N4O5S2/c1-13-17(12-19-22(13)2)29(26,27)20-15-8-10-16(11-9-15)28(24,25)21-18(23)14-6-4-3-5-7-14/h3-12,20H,1-2H3,(H,21,23). The Kier molecular flexibility index (Phi) is 5.44. The number of hydrogen-bond acceptors (Lipinski definition) is 6. The molecule has 11 heteroatoms. The van der Waals surface area contributed by atoms with Gasteiger partial charge in [-0.15, -0.1) is 0 Å². The Morgan fingerprint density at radius 1 is 0.931 bits per heavy atom. The number of carbonyl (C=O) groups excluding carboxylic acids is 1. The predicted molar refractivity (Wildman–Crippen MR) is 106 cm³/mol. The number of nitrogens with one attached hydrogen (secondary N) is 2. The van der Waals surface area contributed by atoms with E-state index in [-0.39, 0.29) is 21.0 Å². The molecule has 29 heavy (non-hydrogen) atoms. The molecule has 3 aromatic rings. The first kappa shape index (κ1) is 20.6. The van der Waals surface area contributed by atoms with Crippen LogP contribution in [0.4, 0.5) is 5.69 Å². The number of anilines is 1. The van der Waals surface area contributed by atoms with Crippen LogP contribution in [0.25, 0.3) is 0 Å². The number of sulfonamides is 2. The largest absolute Gasteiger partial charge is 0.280 e. The highest BCUT2D eigenvalue weighted by atomic mass is 32.2. The quantitative estimate of drug-likeness (QED) is 0.607. The van der Waals surface area contributed by atoms with Crippen LogP contribution in [0.3, 0.4) is 0 Å². The second-order valence-corrected chi connectivity index (χ2v) is 9.48. The van der Waals surface area contributed by atoms with Crippen LogP contribution in [0.5, 0.6) is 0 Å². The van der Waals surface area contributed by atoms with Crippen LogP contribution in [-0.4, -0.2) is 32.5 Å². The van der Waals surface area contributed by atoms with Gasteiger partial charge in [0.1, 0.15) is 4.90 Å². The highest BCUT2D eigenvalue weighted by Crippen LogP contribution is 2.20. The first-order valence-electron chi connectivity index (χ1n) is 8.34. The van der Waals surface area contributed by atoms with Crippen LogP contribution in [0.15, 0.2) is 70.6 Å². The maximum atomic E-state index is 12.5. The van der Waals surface area contributed by atoms with Crippen molar-refractivity contribution in [3.8, 4) is 0 Å². The van der Waals surface area contributed by atoms with Gasteiger partial charge >= 0.3 is 0 Å². The summed E-state index contributed by atoms with van der Waals surface area (Å²) in [7, 11) is -6.37. The summed E-state index contributed by atoms with van der Waals surface area (Å²) >= 11 is 0. The molecule has 1 aromatic heterocycles. The van der Waals surface area contributed by atoms with Gasteiger partial charge in [-0.05, 0) is 43.3 Å². The molecule has 0 unspecified atom stereocenters. The van der Waals surface area contributed by atoms with Gasteiger partial charge in [0.25, 0.3) is 26.0 Å². The van der Waals surface area contributed by atoms with Crippen LogP contribution >= 0.6 is 0 Å². The smallest absolute Gasteiger partial charge is 0.265 e. The molecular weight excluding hydrogens is 416 g/mol. The normalized spacial score (nSPS) is 11.8. The molecule has 0 aliphatic rings. The van der Waals surface area contributed by atoms with E-state index in [0.717, 1.165) is 0 Å². The SMILES string of the molecule is Cc1c(S(=O)(=O)Nc2ccc(S(=O)(=O)NC(=O)c3ccccc3)cc2)cnn1C. The molecule has 9 nitrogen and oxygen atoms in total. The lowest BCUT2D eigenvalue weighted by Crippen LogP contribution is -2.30. The molecule has 1 amide bonds. The Morgan fingerprint density at radius 3 is 2.10 bits per heavy atom. The number of aromatic nitrogens is 2. The van der Waals surface area contributed by atoms with Crippen molar-refractivity contribution >= 4 is 31.6 Å². The molecule has 0 saturated carbocycles. The zero-order chi connectivity index (χ0) is 21.2. The number of hydrogen-bond donors (Lipinski definition) is 2. The zero-order valence-electron chi connectivity index (χ0n) is 15.5. The van der Waals surface area contributed by atoms with Gasteiger partial charge in [-0.25, -0.2) is 21.6 Å². The molecule has 152 valence electrons. The average Bonchev–Trinajstić information content (AvgIpc) is 3.02. The molecule has 1 heterocycles. The van der Waals surface area contributed by atoms with Crippen LogP contribution < -0.4 is 9.44 Å². The van der Waals surface area contributed by atoms with Crippen LogP contribution in [0.2, 0.25) is 0 Å². The fourth-order valence-electron chi connectivity index (χ4n) is 2.48. The third-order valence-corrected chi connectivity index (χ3v) is 6.99. The fourth-order valence-corrected chi connectivity index (χ4v) is 4.72. The number of aryl methyl sites for hydroxylation is 1. The highest BCUT2D eigenvalue weighted by Gasteiger charge is 2.22. The first-order chi connectivity index (χ1) is 13.6. The van der Waals surface area contributed by atoms with Crippen molar-refractivity contribution in [1.82, 2.24) is 14.5 Å². The number of nitrogens with zero attached hydrogens (tertiary/aromatic N) is 2. The molecule has 3 rings (SSSR count). The van der Waals surface area contributed by atoms with Gasteiger partial charge in [0, 0.05) is 18.3 Å². The van der Waals surface area contributed by atoms with Gasteiger partial charge in [0.2, 0.25) is 0 Å². The third kappa shape index (κ3) is 4.46. The Morgan fingerprint density at radius 2 is 1.55 bits per heavy atom. The molecule has 0 fully saturated rings. The van der Waals surface area contributed by atoms with Crippen LogP contribution in [0.1, 0.15) is 16.1 Å². The minimum Gasteiger partial charge on any atom is -0.280 e. The summed E-state index contributed by atoms with van der Waals surface area (Å²) in [6.45, 7) is 1.62. The summed E-state index contributed by atoms with van der Waals surface area (Å²) in [5, 5.41) is 3.90. The van der Waals surface area contributed by atoms with Crippen molar-refractivity contribution in [3.63, 3.8) is 0 Å². The van der Waals surface area contributed by atoms with E-state index in [1.807, 2.05) is 4.72 Å².